The molecular formula is C23H27N. The second kappa shape index (κ2) is 7.92. The Morgan fingerprint density at radius 1 is 1.04 bits per heavy atom. The minimum Gasteiger partial charge on any atom is -0.256 e. The Balaban J connectivity index is 2.39. The Bertz CT molecular complexity index is 763. The summed E-state index contributed by atoms with van der Waals surface area (Å²) >= 11 is 0. The number of aryl methyl sites for hydroxylation is 1. The van der Waals surface area contributed by atoms with Crippen molar-refractivity contribution in [1.82, 2.24) is 4.98 Å². The van der Waals surface area contributed by atoms with Crippen LogP contribution in [-0.2, 0) is 6.42 Å². The van der Waals surface area contributed by atoms with E-state index in [-0.39, 0.29) is 0 Å². The van der Waals surface area contributed by atoms with Crippen LogP contribution < -0.4 is 0 Å². The zero-order valence-electron chi connectivity index (χ0n) is 15.2. The second-order valence-electron chi connectivity index (χ2n) is 6.51. The van der Waals surface area contributed by atoms with Crippen LogP contribution in [-0.4, -0.2) is 4.98 Å². The molecule has 2 aromatic rings. The van der Waals surface area contributed by atoms with Gasteiger partial charge in [0, 0.05) is 11.8 Å². The van der Waals surface area contributed by atoms with Gasteiger partial charge in [-0.15, -0.1) is 0 Å². The van der Waals surface area contributed by atoms with Crippen LogP contribution in [0.1, 0.15) is 54.6 Å². The highest BCUT2D eigenvalue weighted by Gasteiger charge is 2.12. The number of rotatable bonds is 7. The lowest BCUT2D eigenvalue weighted by molar-refractivity contribution is 0.964. The molecule has 0 aliphatic carbocycles. The predicted octanol–water partition coefficient (Wildman–Crippen LogP) is 6.38. The first-order valence-corrected chi connectivity index (χ1v) is 8.50. The van der Waals surface area contributed by atoms with E-state index in [1.807, 2.05) is 13.1 Å². The minimum atomic E-state index is 0.865. The fourth-order valence-corrected chi connectivity index (χ4v) is 2.71. The largest absolute Gasteiger partial charge is 0.256 e. The minimum absolute atomic E-state index is 0.865. The number of nitrogens with zero attached hydrogens (tertiary/aromatic N) is 1. The molecule has 2 rings (SSSR count). The van der Waals surface area contributed by atoms with Gasteiger partial charge in [0.25, 0.3) is 0 Å². The van der Waals surface area contributed by atoms with Gasteiger partial charge >= 0.3 is 0 Å². The van der Waals surface area contributed by atoms with Crippen molar-refractivity contribution in [3.05, 3.63) is 89.8 Å². The van der Waals surface area contributed by atoms with E-state index in [4.69, 9.17) is 4.98 Å². The molecule has 0 aliphatic heterocycles. The highest BCUT2D eigenvalue weighted by Crippen LogP contribution is 2.29. The third-order valence-electron chi connectivity index (χ3n) is 4.20. The van der Waals surface area contributed by atoms with Crippen LogP contribution in [0.25, 0.3) is 11.1 Å². The van der Waals surface area contributed by atoms with Gasteiger partial charge in [-0.2, -0.15) is 0 Å². The van der Waals surface area contributed by atoms with E-state index >= 15 is 0 Å². The smallest absolute Gasteiger partial charge is 0.0734 e. The number of hydrogen-bond acceptors (Lipinski definition) is 1. The second-order valence-corrected chi connectivity index (χ2v) is 6.51. The van der Waals surface area contributed by atoms with Gasteiger partial charge in [-0.05, 0) is 55.0 Å². The van der Waals surface area contributed by atoms with E-state index in [1.165, 1.54) is 16.7 Å². The van der Waals surface area contributed by atoms with Crippen LogP contribution in [0.15, 0.2) is 61.8 Å². The van der Waals surface area contributed by atoms with E-state index in [1.54, 1.807) is 0 Å². The first-order chi connectivity index (χ1) is 11.4. The van der Waals surface area contributed by atoms with Gasteiger partial charge in [0.1, 0.15) is 0 Å². The van der Waals surface area contributed by atoms with Crippen LogP contribution in [0.3, 0.4) is 0 Å². The lowest BCUT2D eigenvalue weighted by atomic mass is 9.93. The molecule has 0 fully saturated rings. The van der Waals surface area contributed by atoms with Crippen molar-refractivity contribution in [3.63, 3.8) is 0 Å². The monoisotopic (exact) mass is 317 g/mol. The topological polar surface area (TPSA) is 12.9 Å². The van der Waals surface area contributed by atoms with Crippen LogP contribution in [0.5, 0.6) is 0 Å². The number of allylic oxidation sites excluding steroid dienone is 3. The SMILES string of the molecule is C=C(C)C(=C)c1cc(Cc2ccc(C)cc2)cnc1C(=C)CCC. The molecular weight excluding hydrogens is 290 g/mol. The van der Waals surface area contributed by atoms with Gasteiger partial charge in [0.05, 0.1) is 5.69 Å². The summed E-state index contributed by atoms with van der Waals surface area (Å²) in [6, 6.07) is 10.8. The third kappa shape index (κ3) is 4.32. The highest BCUT2D eigenvalue weighted by molar-refractivity contribution is 5.83. The summed E-state index contributed by atoms with van der Waals surface area (Å²) in [7, 11) is 0. The Hall–Kier alpha value is -2.41. The Morgan fingerprint density at radius 2 is 1.71 bits per heavy atom. The molecule has 1 aromatic carbocycles. The Morgan fingerprint density at radius 3 is 2.29 bits per heavy atom. The maximum absolute atomic E-state index is 4.71. The standard InChI is InChI=1S/C23H27N/c1-7-8-18(5)23-22(19(6)16(2)3)14-21(15-24-23)13-20-11-9-17(4)10-12-20/h9-12,14-15H,2,5-8,13H2,1,3-4H3. The van der Waals surface area contributed by atoms with Crippen molar-refractivity contribution in [1.29, 1.82) is 0 Å². The molecule has 0 atom stereocenters. The normalized spacial score (nSPS) is 10.5. The van der Waals surface area contributed by atoms with Crippen molar-refractivity contribution in [2.45, 2.75) is 40.0 Å². The van der Waals surface area contributed by atoms with Crippen molar-refractivity contribution in [3.8, 4) is 0 Å². The van der Waals surface area contributed by atoms with Gasteiger partial charge in [0.15, 0.2) is 0 Å². The molecule has 0 bridgehead atoms. The quantitative estimate of drug-likeness (QED) is 0.540. The molecule has 24 heavy (non-hydrogen) atoms. The van der Waals surface area contributed by atoms with Crippen LogP contribution in [0.4, 0.5) is 0 Å². The third-order valence-corrected chi connectivity index (χ3v) is 4.20. The molecule has 1 heteroatoms. The summed E-state index contributed by atoms with van der Waals surface area (Å²) in [5.41, 5.74) is 8.74. The van der Waals surface area contributed by atoms with Crippen LogP contribution >= 0.6 is 0 Å². The maximum atomic E-state index is 4.71. The van der Waals surface area contributed by atoms with Crippen molar-refractivity contribution >= 4 is 11.1 Å². The average Bonchev–Trinajstić information content (AvgIpc) is 2.56. The molecule has 1 heterocycles. The summed E-state index contributed by atoms with van der Waals surface area (Å²) < 4.78 is 0. The van der Waals surface area contributed by atoms with Crippen molar-refractivity contribution in [2.24, 2.45) is 0 Å². The van der Waals surface area contributed by atoms with Crippen molar-refractivity contribution < 1.29 is 0 Å². The maximum Gasteiger partial charge on any atom is 0.0734 e. The highest BCUT2D eigenvalue weighted by atomic mass is 14.7. The number of benzene rings is 1. The summed E-state index contributed by atoms with van der Waals surface area (Å²) in [6.45, 7) is 18.7. The van der Waals surface area contributed by atoms with E-state index in [0.29, 0.717) is 0 Å². The molecule has 0 aliphatic rings. The first-order valence-electron chi connectivity index (χ1n) is 8.50. The zero-order chi connectivity index (χ0) is 17.7. The van der Waals surface area contributed by atoms with Crippen LogP contribution in [0.2, 0.25) is 0 Å². The summed E-state index contributed by atoms with van der Waals surface area (Å²) in [4.78, 5) is 4.71. The molecule has 0 amide bonds. The van der Waals surface area contributed by atoms with E-state index in [0.717, 1.165) is 47.2 Å². The summed E-state index contributed by atoms with van der Waals surface area (Å²) in [5, 5.41) is 0. The zero-order valence-corrected chi connectivity index (χ0v) is 15.2. The molecule has 124 valence electrons. The molecule has 1 aromatic heterocycles. The number of pyridine rings is 1. The van der Waals surface area contributed by atoms with Gasteiger partial charge < -0.3 is 0 Å². The fourth-order valence-electron chi connectivity index (χ4n) is 2.71. The van der Waals surface area contributed by atoms with Crippen LogP contribution in [0, 0.1) is 6.92 Å². The van der Waals surface area contributed by atoms with Gasteiger partial charge in [-0.25, -0.2) is 0 Å². The number of aromatic nitrogens is 1. The van der Waals surface area contributed by atoms with E-state index in [9.17, 15) is 0 Å². The molecule has 0 saturated carbocycles. The summed E-state index contributed by atoms with van der Waals surface area (Å²) in [6.07, 6.45) is 4.83. The molecule has 0 spiro atoms. The Kier molecular flexibility index (Phi) is 5.92. The summed E-state index contributed by atoms with van der Waals surface area (Å²) in [5.74, 6) is 0. The fraction of sp³-hybridized carbons (Fsp3) is 0.261. The molecule has 1 nitrogen and oxygen atoms in total. The molecule has 0 radical (unpaired) electrons. The number of hydrogen-bond donors (Lipinski definition) is 0. The average molecular weight is 317 g/mol. The van der Waals surface area contributed by atoms with Gasteiger partial charge in [-0.1, -0.05) is 68.5 Å². The van der Waals surface area contributed by atoms with Gasteiger partial charge in [0.2, 0.25) is 0 Å². The van der Waals surface area contributed by atoms with E-state index < -0.39 is 0 Å². The first kappa shape index (κ1) is 17.9. The van der Waals surface area contributed by atoms with Gasteiger partial charge in [-0.3, -0.25) is 4.98 Å². The molecule has 0 N–H and O–H groups in total. The lowest BCUT2D eigenvalue weighted by Gasteiger charge is -2.15. The van der Waals surface area contributed by atoms with E-state index in [2.05, 4.69) is 63.9 Å². The lowest BCUT2D eigenvalue weighted by Crippen LogP contribution is -2.00. The Labute approximate surface area is 146 Å². The van der Waals surface area contributed by atoms with Crippen molar-refractivity contribution in [2.75, 3.05) is 0 Å². The molecule has 0 unspecified atom stereocenters. The molecule has 0 saturated heterocycles. The predicted molar refractivity (Wildman–Crippen MR) is 106 cm³/mol.